The van der Waals surface area contributed by atoms with Crippen LogP contribution in [0.1, 0.15) is 11.1 Å². The molecule has 2 aromatic carbocycles. The Morgan fingerprint density at radius 2 is 1.76 bits per heavy atom. The number of hydrogen-bond donors (Lipinski definition) is 0. The van der Waals surface area contributed by atoms with Gasteiger partial charge in [-0.2, -0.15) is 5.26 Å². The molecule has 0 spiro atoms. The molecule has 0 saturated carbocycles. The molecule has 0 unspecified atom stereocenters. The van der Waals surface area contributed by atoms with E-state index in [4.69, 9.17) is 10.00 Å². The highest BCUT2D eigenvalue weighted by molar-refractivity contribution is 14.1. The molecule has 0 aliphatic heterocycles. The summed E-state index contributed by atoms with van der Waals surface area (Å²) in [7, 11) is 0. The van der Waals surface area contributed by atoms with E-state index >= 15 is 0 Å². The fraction of sp³-hybridized carbons (Fsp3) is 0.0714. The number of nitrogens with zero attached hydrogens (tertiary/aromatic N) is 1. The maximum absolute atomic E-state index is 8.94. The Bertz CT molecular complexity index is 560. The molecule has 0 atom stereocenters. The van der Waals surface area contributed by atoms with Crippen LogP contribution in [0.25, 0.3) is 0 Å². The van der Waals surface area contributed by atoms with Crippen molar-refractivity contribution in [2.45, 2.75) is 6.61 Å². The number of para-hydroxylation sites is 1. The maximum atomic E-state index is 8.94. The summed E-state index contributed by atoms with van der Waals surface area (Å²) >= 11 is 2.28. The van der Waals surface area contributed by atoms with E-state index < -0.39 is 0 Å². The van der Waals surface area contributed by atoms with Crippen molar-refractivity contribution in [2.75, 3.05) is 0 Å². The summed E-state index contributed by atoms with van der Waals surface area (Å²) in [5.41, 5.74) is 1.69. The fourth-order valence-electron chi connectivity index (χ4n) is 1.46. The predicted molar refractivity (Wildman–Crippen MR) is 74.6 cm³/mol. The van der Waals surface area contributed by atoms with Gasteiger partial charge in [0.2, 0.25) is 0 Å². The van der Waals surface area contributed by atoms with Crippen molar-refractivity contribution in [3.8, 4) is 11.8 Å². The monoisotopic (exact) mass is 335 g/mol. The zero-order valence-corrected chi connectivity index (χ0v) is 11.2. The molecule has 0 bridgehead atoms. The molecule has 0 radical (unpaired) electrons. The lowest BCUT2D eigenvalue weighted by molar-refractivity contribution is 0.304. The Morgan fingerprint density at radius 3 is 2.53 bits per heavy atom. The maximum Gasteiger partial charge on any atom is 0.137 e. The Morgan fingerprint density at radius 1 is 1.06 bits per heavy atom. The molecule has 0 aliphatic rings. The summed E-state index contributed by atoms with van der Waals surface area (Å²) in [6.45, 7) is 0.484. The number of halogens is 1. The van der Waals surface area contributed by atoms with Gasteiger partial charge in [0.05, 0.1) is 5.56 Å². The van der Waals surface area contributed by atoms with Gasteiger partial charge < -0.3 is 4.74 Å². The minimum absolute atomic E-state index is 0.484. The largest absolute Gasteiger partial charge is 0.487 e. The van der Waals surface area contributed by atoms with Crippen LogP contribution in [0.5, 0.6) is 5.75 Å². The molecular formula is C14H10INO. The Hall–Kier alpha value is -1.54. The van der Waals surface area contributed by atoms with Crippen LogP contribution in [0.3, 0.4) is 0 Å². The van der Waals surface area contributed by atoms with Crippen LogP contribution in [0.2, 0.25) is 0 Å². The minimum atomic E-state index is 0.484. The molecule has 17 heavy (non-hydrogen) atoms. The smallest absolute Gasteiger partial charge is 0.137 e. The van der Waals surface area contributed by atoms with Crippen molar-refractivity contribution in [3.05, 3.63) is 63.2 Å². The van der Waals surface area contributed by atoms with E-state index in [0.717, 1.165) is 5.56 Å². The second-order valence-electron chi connectivity index (χ2n) is 3.49. The van der Waals surface area contributed by atoms with Crippen molar-refractivity contribution in [3.63, 3.8) is 0 Å². The molecule has 2 aromatic rings. The average molecular weight is 335 g/mol. The number of nitriles is 1. The van der Waals surface area contributed by atoms with E-state index in [2.05, 4.69) is 28.7 Å². The van der Waals surface area contributed by atoms with Crippen molar-refractivity contribution in [1.29, 1.82) is 5.26 Å². The quantitative estimate of drug-likeness (QED) is 0.801. The van der Waals surface area contributed by atoms with Crippen LogP contribution in [0, 0.1) is 14.9 Å². The average Bonchev–Trinajstić information content (AvgIpc) is 2.38. The van der Waals surface area contributed by atoms with Crippen LogP contribution < -0.4 is 4.74 Å². The molecule has 0 aliphatic carbocycles. The van der Waals surface area contributed by atoms with Gasteiger partial charge in [-0.3, -0.25) is 0 Å². The highest BCUT2D eigenvalue weighted by Gasteiger charge is 2.03. The molecule has 0 fully saturated rings. The van der Waals surface area contributed by atoms with Crippen molar-refractivity contribution < 1.29 is 4.74 Å². The van der Waals surface area contributed by atoms with Gasteiger partial charge >= 0.3 is 0 Å². The van der Waals surface area contributed by atoms with Crippen molar-refractivity contribution in [1.82, 2.24) is 0 Å². The third kappa shape index (κ3) is 2.98. The molecule has 0 heterocycles. The lowest BCUT2D eigenvalue weighted by atomic mass is 10.2. The Kier molecular flexibility index (Phi) is 3.99. The first-order valence-electron chi connectivity index (χ1n) is 5.16. The molecule has 0 aromatic heterocycles. The molecule has 0 amide bonds. The van der Waals surface area contributed by atoms with Crippen molar-refractivity contribution >= 4 is 22.6 Å². The lowest BCUT2D eigenvalue weighted by Crippen LogP contribution is -1.98. The Labute approximate surface area is 114 Å². The van der Waals surface area contributed by atoms with E-state index in [0.29, 0.717) is 17.9 Å². The van der Waals surface area contributed by atoms with E-state index in [1.54, 1.807) is 6.07 Å². The zero-order valence-electron chi connectivity index (χ0n) is 9.06. The molecule has 0 N–H and O–H groups in total. The van der Waals surface area contributed by atoms with Crippen molar-refractivity contribution in [2.24, 2.45) is 0 Å². The number of rotatable bonds is 3. The highest BCUT2D eigenvalue weighted by atomic mass is 127. The topological polar surface area (TPSA) is 33.0 Å². The minimum Gasteiger partial charge on any atom is -0.487 e. The van der Waals surface area contributed by atoms with Crippen LogP contribution >= 0.6 is 22.6 Å². The van der Waals surface area contributed by atoms with Gasteiger partial charge in [-0.25, -0.2) is 0 Å². The van der Waals surface area contributed by atoms with Crippen LogP contribution in [0.15, 0.2) is 48.5 Å². The van der Waals surface area contributed by atoms with Gasteiger partial charge in [0.15, 0.2) is 0 Å². The highest BCUT2D eigenvalue weighted by Crippen LogP contribution is 2.19. The Balaban J connectivity index is 2.13. The number of ether oxygens (including phenoxy) is 1. The number of benzene rings is 2. The van der Waals surface area contributed by atoms with Gasteiger partial charge in [0, 0.05) is 9.13 Å². The normalized spacial score (nSPS) is 9.65. The molecule has 2 nitrogen and oxygen atoms in total. The van der Waals surface area contributed by atoms with E-state index in [-0.39, 0.29) is 0 Å². The first-order valence-corrected chi connectivity index (χ1v) is 6.24. The second kappa shape index (κ2) is 5.69. The zero-order chi connectivity index (χ0) is 12.1. The van der Waals surface area contributed by atoms with Gasteiger partial charge in [-0.1, -0.05) is 30.3 Å². The summed E-state index contributed by atoms with van der Waals surface area (Å²) < 4.78 is 6.83. The third-order valence-electron chi connectivity index (χ3n) is 2.35. The summed E-state index contributed by atoms with van der Waals surface area (Å²) in [5.74, 6) is 0.634. The summed E-state index contributed by atoms with van der Waals surface area (Å²) in [4.78, 5) is 0. The van der Waals surface area contributed by atoms with E-state index in [1.807, 2.05) is 42.5 Å². The van der Waals surface area contributed by atoms with Crippen LogP contribution in [-0.4, -0.2) is 0 Å². The van der Waals surface area contributed by atoms with Crippen LogP contribution in [-0.2, 0) is 6.61 Å². The van der Waals surface area contributed by atoms with Gasteiger partial charge in [-0.15, -0.1) is 0 Å². The SMILES string of the molecule is N#Cc1ccccc1OCc1ccccc1I. The summed E-state index contributed by atoms with van der Waals surface area (Å²) in [6.07, 6.45) is 0. The fourth-order valence-corrected chi connectivity index (χ4v) is 2.00. The molecule has 0 saturated heterocycles. The van der Waals surface area contributed by atoms with Gasteiger partial charge in [0.25, 0.3) is 0 Å². The summed E-state index contributed by atoms with van der Waals surface area (Å²) in [5, 5.41) is 8.94. The number of hydrogen-bond acceptors (Lipinski definition) is 2. The van der Waals surface area contributed by atoms with E-state index in [9.17, 15) is 0 Å². The standard InChI is InChI=1S/C14H10INO/c15-13-7-3-1-6-12(13)10-17-14-8-4-2-5-11(14)9-16/h1-8H,10H2. The van der Waals surface area contributed by atoms with Crippen LogP contribution in [0.4, 0.5) is 0 Å². The first kappa shape index (κ1) is 11.9. The summed E-state index contributed by atoms with van der Waals surface area (Å²) in [6, 6.07) is 17.4. The van der Waals surface area contributed by atoms with Gasteiger partial charge in [0.1, 0.15) is 18.4 Å². The molecular weight excluding hydrogens is 325 g/mol. The van der Waals surface area contributed by atoms with Gasteiger partial charge in [-0.05, 0) is 40.8 Å². The lowest BCUT2D eigenvalue weighted by Gasteiger charge is -2.08. The molecule has 3 heteroatoms. The predicted octanol–water partition coefficient (Wildman–Crippen LogP) is 3.74. The molecule has 2 rings (SSSR count). The molecule has 84 valence electrons. The first-order chi connectivity index (χ1) is 8.31. The van der Waals surface area contributed by atoms with E-state index in [1.165, 1.54) is 3.57 Å². The second-order valence-corrected chi connectivity index (χ2v) is 4.65. The third-order valence-corrected chi connectivity index (χ3v) is 3.40.